The van der Waals surface area contributed by atoms with Crippen LogP contribution in [0.2, 0.25) is 10.0 Å². The number of nitrogens with two attached hydrogens (primary N) is 1. The van der Waals surface area contributed by atoms with Gasteiger partial charge in [-0.2, -0.15) is 0 Å². The molecule has 3 amide bonds. The van der Waals surface area contributed by atoms with Crippen LogP contribution in [0.5, 0.6) is 0 Å². The van der Waals surface area contributed by atoms with Crippen molar-refractivity contribution in [1.29, 1.82) is 0 Å². The molecule has 0 radical (unpaired) electrons. The molecule has 0 spiro atoms. The molecule has 4 aromatic rings. The van der Waals surface area contributed by atoms with Gasteiger partial charge in [0.15, 0.2) is 0 Å². The number of pyridine rings is 1. The Balaban J connectivity index is 0.000000214. The van der Waals surface area contributed by atoms with Gasteiger partial charge in [-0.1, -0.05) is 79.9 Å². The summed E-state index contributed by atoms with van der Waals surface area (Å²) in [6, 6.07) is 19.0. The monoisotopic (exact) mass is 687 g/mol. The first-order valence-corrected chi connectivity index (χ1v) is 17.6. The summed E-state index contributed by atoms with van der Waals surface area (Å²) in [5, 5.41) is 10.6. The third kappa shape index (κ3) is 9.70. The lowest BCUT2D eigenvalue weighted by atomic mass is 9.89. The Bertz CT molecular complexity index is 1730. The van der Waals surface area contributed by atoms with Crippen molar-refractivity contribution in [2.24, 2.45) is 11.8 Å². The number of fused-ring (bicyclic) bond motifs is 1. The number of carbonyl (C=O) groups excluding carboxylic acids is 3. The van der Waals surface area contributed by atoms with Crippen molar-refractivity contribution in [3.63, 3.8) is 0 Å². The summed E-state index contributed by atoms with van der Waals surface area (Å²) in [4.78, 5) is 42.2. The van der Waals surface area contributed by atoms with E-state index in [1.807, 2.05) is 24.3 Å². The molecule has 6 rings (SSSR count). The van der Waals surface area contributed by atoms with E-state index in [9.17, 15) is 14.4 Å². The third-order valence-corrected chi connectivity index (χ3v) is 9.65. The maximum atomic E-state index is 13.0. The molecule has 1 aromatic heterocycles. The SMILES string of the molecule is Nc1ccc(Cl)cc1C(=O)NCC1CCCCC1.O=C(NCC1CCCCC1)c1cc(Cl)ccc1NC(=O)c1ccnc2ccccc12. The van der Waals surface area contributed by atoms with Gasteiger partial charge < -0.3 is 21.7 Å². The average Bonchev–Trinajstić information content (AvgIpc) is 3.12. The number of nitrogens with zero attached hydrogens (tertiary/aromatic N) is 1. The van der Waals surface area contributed by atoms with E-state index in [1.54, 1.807) is 48.7 Å². The zero-order chi connectivity index (χ0) is 33.9. The third-order valence-electron chi connectivity index (χ3n) is 9.18. The van der Waals surface area contributed by atoms with Crippen LogP contribution < -0.4 is 21.7 Å². The number of nitrogens with one attached hydrogen (secondary N) is 3. The molecule has 48 heavy (non-hydrogen) atoms. The highest BCUT2D eigenvalue weighted by atomic mass is 35.5. The van der Waals surface area contributed by atoms with Crippen molar-refractivity contribution in [3.05, 3.63) is 99.7 Å². The van der Waals surface area contributed by atoms with E-state index in [1.165, 1.54) is 51.4 Å². The van der Waals surface area contributed by atoms with Crippen LogP contribution in [0.1, 0.15) is 95.3 Å². The second-order valence-corrected chi connectivity index (χ2v) is 13.6. The molecule has 1 heterocycles. The predicted molar refractivity (Wildman–Crippen MR) is 195 cm³/mol. The molecule has 2 fully saturated rings. The van der Waals surface area contributed by atoms with Crippen LogP contribution in [0.3, 0.4) is 0 Å². The van der Waals surface area contributed by atoms with Gasteiger partial charge in [0, 0.05) is 40.4 Å². The van der Waals surface area contributed by atoms with E-state index in [2.05, 4.69) is 20.9 Å². The minimum atomic E-state index is -0.294. The second kappa shape index (κ2) is 17.3. The van der Waals surface area contributed by atoms with E-state index in [4.69, 9.17) is 28.9 Å². The molecule has 5 N–H and O–H groups in total. The lowest BCUT2D eigenvalue weighted by Gasteiger charge is -2.22. The molecule has 2 saturated carbocycles. The standard InChI is InChI=1S/C24H24ClN3O2.C14H19ClN2O/c25-17-10-11-22(20(14-17)23(29)27-15-16-6-2-1-3-7-16)28-24(30)19-12-13-26-21-9-5-4-8-18(19)21;15-11-6-7-13(16)12(8-11)14(18)17-9-10-4-2-1-3-5-10/h4-5,8-14,16H,1-3,6-7,15H2,(H,27,29)(H,28,30);6-8,10H,1-5,9,16H2,(H,17,18). The molecule has 10 heteroatoms. The molecular formula is C38H43Cl2N5O3. The highest BCUT2D eigenvalue weighted by Crippen LogP contribution is 2.26. The Labute approximate surface area is 292 Å². The number of anilines is 2. The smallest absolute Gasteiger partial charge is 0.256 e. The average molecular weight is 689 g/mol. The number of carbonyl (C=O) groups is 3. The Morgan fingerprint density at radius 3 is 1.88 bits per heavy atom. The zero-order valence-electron chi connectivity index (χ0n) is 27.1. The molecule has 0 bridgehead atoms. The number of amides is 3. The van der Waals surface area contributed by atoms with Crippen LogP contribution in [0.4, 0.5) is 11.4 Å². The molecule has 3 aromatic carbocycles. The van der Waals surface area contributed by atoms with Gasteiger partial charge in [0.05, 0.1) is 27.9 Å². The van der Waals surface area contributed by atoms with Gasteiger partial charge in [-0.25, -0.2) is 0 Å². The number of hydrogen-bond donors (Lipinski definition) is 4. The molecule has 0 saturated heterocycles. The highest BCUT2D eigenvalue weighted by Gasteiger charge is 2.20. The fourth-order valence-corrected chi connectivity index (χ4v) is 6.81. The number of benzene rings is 3. The van der Waals surface area contributed by atoms with Crippen LogP contribution in [0.15, 0.2) is 72.9 Å². The fourth-order valence-electron chi connectivity index (χ4n) is 6.47. The molecule has 0 atom stereocenters. The van der Waals surface area contributed by atoms with Crippen LogP contribution in [0, 0.1) is 11.8 Å². The van der Waals surface area contributed by atoms with Crippen molar-refractivity contribution < 1.29 is 14.4 Å². The number of nitrogen functional groups attached to an aromatic ring is 1. The first-order valence-electron chi connectivity index (χ1n) is 16.8. The Kier molecular flexibility index (Phi) is 12.7. The maximum Gasteiger partial charge on any atom is 0.256 e. The normalized spacial score (nSPS) is 15.2. The molecule has 252 valence electrons. The van der Waals surface area contributed by atoms with Crippen molar-refractivity contribution >= 4 is 63.2 Å². The molecule has 0 aliphatic heterocycles. The summed E-state index contributed by atoms with van der Waals surface area (Å²) in [6.45, 7) is 1.39. The van der Waals surface area contributed by atoms with Crippen LogP contribution in [-0.4, -0.2) is 35.8 Å². The quantitative estimate of drug-likeness (QED) is 0.138. The van der Waals surface area contributed by atoms with E-state index in [0.29, 0.717) is 56.5 Å². The van der Waals surface area contributed by atoms with Crippen molar-refractivity contribution in [2.45, 2.75) is 64.2 Å². The summed E-state index contributed by atoms with van der Waals surface area (Å²) in [7, 11) is 0. The summed E-state index contributed by atoms with van der Waals surface area (Å²) in [5.41, 5.74) is 8.77. The van der Waals surface area contributed by atoms with Gasteiger partial charge in [-0.3, -0.25) is 19.4 Å². The molecule has 0 unspecified atom stereocenters. The molecule has 8 nitrogen and oxygen atoms in total. The van der Waals surface area contributed by atoms with Crippen molar-refractivity contribution in [2.75, 3.05) is 24.1 Å². The number of para-hydroxylation sites is 1. The number of hydrogen-bond acceptors (Lipinski definition) is 5. The van der Waals surface area contributed by atoms with E-state index >= 15 is 0 Å². The first kappa shape index (κ1) is 35.2. The van der Waals surface area contributed by atoms with E-state index in [-0.39, 0.29) is 17.7 Å². The Morgan fingerprint density at radius 1 is 0.667 bits per heavy atom. The lowest BCUT2D eigenvalue weighted by Crippen LogP contribution is -2.31. The highest BCUT2D eigenvalue weighted by molar-refractivity contribution is 6.31. The van der Waals surface area contributed by atoms with Crippen LogP contribution in [-0.2, 0) is 0 Å². The summed E-state index contributed by atoms with van der Waals surface area (Å²) < 4.78 is 0. The first-order chi connectivity index (χ1) is 23.3. The lowest BCUT2D eigenvalue weighted by molar-refractivity contribution is 0.0936. The second-order valence-electron chi connectivity index (χ2n) is 12.7. The number of halogens is 2. The largest absolute Gasteiger partial charge is 0.398 e. The van der Waals surface area contributed by atoms with Gasteiger partial charge in [0.1, 0.15) is 0 Å². The summed E-state index contributed by atoms with van der Waals surface area (Å²) >= 11 is 12.0. The predicted octanol–water partition coefficient (Wildman–Crippen LogP) is 8.68. The van der Waals surface area contributed by atoms with Gasteiger partial charge in [0.25, 0.3) is 17.7 Å². The minimum absolute atomic E-state index is 0.124. The molecule has 2 aliphatic rings. The molecule has 2 aliphatic carbocycles. The minimum Gasteiger partial charge on any atom is -0.398 e. The maximum absolute atomic E-state index is 13.0. The number of aromatic nitrogens is 1. The van der Waals surface area contributed by atoms with Gasteiger partial charge in [-0.05, 0) is 86.1 Å². The van der Waals surface area contributed by atoms with Crippen molar-refractivity contribution in [1.82, 2.24) is 15.6 Å². The fraction of sp³-hybridized carbons (Fsp3) is 0.368. The van der Waals surface area contributed by atoms with Gasteiger partial charge in [-0.15, -0.1) is 0 Å². The summed E-state index contributed by atoms with van der Waals surface area (Å²) in [6.07, 6.45) is 13.9. The Morgan fingerprint density at radius 2 is 1.23 bits per heavy atom. The topological polar surface area (TPSA) is 126 Å². The Hall–Kier alpha value is -4.14. The van der Waals surface area contributed by atoms with Gasteiger partial charge >= 0.3 is 0 Å². The van der Waals surface area contributed by atoms with E-state index in [0.717, 1.165) is 30.3 Å². The molecular weight excluding hydrogens is 645 g/mol. The van der Waals surface area contributed by atoms with Gasteiger partial charge in [0.2, 0.25) is 0 Å². The van der Waals surface area contributed by atoms with Crippen LogP contribution >= 0.6 is 23.2 Å². The summed E-state index contributed by atoms with van der Waals surface area (Å²) in [5.74, 6) is 0.488. The zero-order valence-corrected chi connectivity index (χ0v) is 28.6. The van der Waals surface area contributed by atoms with E-state index < -0.39 is 0 Å². The number of rotatable bonds is 8. The van der Waals surface area contributed by atoms with Crippen LogP contribution in [0.25, 0.3) is 10.9 Å². The van der Waals surface area contributed by atoms with Crippen molar-refractivity contribution in [3.8, 4) is 0 Å².